The molecule has 35 heavy (non-hydrogen) atoms. The largest absolute Gasteiger partial charge is 0.450 e. The van der Waals surface area contributed by atoms with E-state index in [1.165, 1.54) is 11.3 Å². The molecule has 3 heterocycles. The van der Waals surface area contributed by atoms with Crippen LogP contribution in [0, 0.1) is 6.92 Å². The maximum absolute atomic E-state index is 6.35. The molecule has 1 saturated heterocycles. The summed E-state index contributed by atoms with van der Waals surface area (Å²) in [6.45, 7) is 6.79. The van der Waals surface area contributed by atoms with E-state index in [0.29, 0.717) is 17.2 Å². The zero-order valence-electron chi connectivity index (χ0n) is 19.5. The fourth-order valence-electron chi connectivity index (χ4n) is 4.71. The van der Waals surface area contributed by atoms with Crippen molar-refractivity contribution in [2.75, 3.05) is 36.4 Å². The summed E-state index contributed by atoms with van der Waals surface area (Å²) < 4.78 is 6.08. The Morgan fingerprint density at radius 2 is 1.63 bits per heavy atom. The number of benzene rings is 3. The van der Waals surface area contributed by atoms with Crippen molar-refractivity contribution in [1.82, 2.24) is 14.9 Å². The number of nitrogens with zero attached hydrogens (tertiary/aromatic N) is 4. The number of rotatable bonds is 5. The summed E-state index contributed by atoms with van der Waals surface area (Å²) in [5.74, 6) is 1.39. The van der Waals surface area contributed by atoms with Gasteiger partial charge in [-0.25, -0.2) is 9.97 Å². The van der Waals surface area contributed by atoms with Gasteiger partial charge in [0.2, 0.25) is 0 Å². The molecule has 1 fully saturated rings. The number of aryl methyl sites for hydroxylation is 1. The molecule has 1 aliphatic rings. The van der Waals surface area contributed by atoms with Crippen LogP contribution in [-0.2, 0) is 6.54 Å². The highest BCUT2D eigenvalue weighted by molar-refractivity contribution is 6.31. The zero-order chi connectivity index (χ0) is 23.8. The number of piperazine rings is 1. The number of furan rings is 1. The Morgan fingerprint density at radius 1 is 0.886 bits per heavy atom. The highest BCUT2D eigenvalue weighted by Crippen LogP contribution is 2.33. The molecule has 0 bridgehead atoms. The van der Waals surface area contributed by atoms with Crippen LogP contribution in [0.25, 0.3) is 22.1 Å². The highest BCUT2D eigenvalue weighted by Gasteiger charge is 2.19. The van der Waals surface area contributed by atoms with Crippen molar-refractivity contribution in [2.24, 2.45) is 0 Å². The molecule has 0 amide bonds. The highest BCUT2D eigenvalue weighted by atomic mass is 35.5. The molecule has 5 aromatic rings. The van der Waals surface area contributed by atoms with Gasteiger partial charge >= 0.3 is 0 Å². The number of hydrogen-bond acceptors (Lipinski definition) is 6. The van der Waals surface area contributed by atoms with Crippen molar-refractivity contribution in [2.45, 2.75) is 13.5 Å². The van der Waals surface area contributed by atoms with Gasteiger partial charge in [0.25, 0.3) is 0 Å². The molecule has 1 N–H and O–H groups in total. The average Bonchev–Trinajstić information content (AvgIpc) is 3.25. The van der Waals surface area contributed by atoms with E-state index >= 15 is 0 Å². The summed E-state index contributed by atoms with van der Waals surface area (Å²) in [6, 6.07) is 24.6. The number of hydrogen-bond donors (Lipinski definition) is 1. The molecular formula is C28H26ClN5O. The van der Waals surface area contributed by atoms with E-state index < -0.39 is 0 Å². The molecule has 0 radical (unpaired) electrons. The Kier molecular flexibility index (Phi) is 5.76. The van der Waals surface area contributed by atoms with Crippen LogP contribution >= 0.6 is 11.6 Å². The molecule has 0 unspecified atom stereocenters. The molecule has 0 saturated carbocycles. The monoisotopic (exact) mass is 483 g/mol. The van der Waals surface area contributed by atoms with Crippen molar-refractivity contribution in [3.63, 3.8) is 0 Å². The minimum absolute atomic E-state index is 0.676. The fourth-order valence-corrected chi connectivity index (χ4v) is 4.91. The Hall–Kier alpha value is -3.61. The van der Waals surface area contributed by atoms with Crippen LogP contribution in [0.3, 0.4) is 0 Å². The SMILES string of the molecule is Cc1nc(Nc2ccc(N3CCN(Cc4ccccc4Cl)CC3)cc2)c2oc3ccccc3c2n1. The van der Waals surface area contributed by atoms with Crippen LogP contribution in [0.1, 0.15) is 11.4 Å². The second kappa shape index (κ2) is 9.21. The lowest BCUT2D eigenvalue weighted by molar-refractivity contribution is 0.250. The Labute approximate surface area is 209 Å². The lowest BCUT2D eigenvalue weighted by Crippen LogP contribution is -2.46. The van der Waals surface area contributed by atoms with E-state index in [0.717, 1.165) is 59.9 Å². The van der Waals surface area contributed by atoms with E-state index in [9.17, 15) is 0 Å². The van der Waals surface area contributed by atoms with Gasteiger partial charge in [-0.05, 0) is 55.0 Å². The number of fused-ring (bicyclic) bond motifs is 3. The standard InChI is InChI=1S/C28H26ClN5O/c1-19-30-26-23-7-3-5-9-25(23)35-27(26)28(31-19)32-21-10-12-22(13-11-21)34-16-14-33(15-17-34)18-20-6-2-4-8-24(20)29/h2-13H,14-18H2,1H3,(H,30,31,32). The van der Waals surface area contributed by atoms with E-state index in [2.05, 4.69) is 61.5 Å². The van der Waals surface area contributed by atoms with Crippen LogP contribution < -0.4 is 10.2 Å². The molecule has 2 aromatic heterocycles. The van der Waals surface area contributed by atoms with Gasteiger partial charge in [0.05, 0.1) is 0 Å². The zero-order valence-corrected chi connectivity index (χ0v) is 20.3. The number of halogens is 1. The molecule has 176 valence electrons. The van der Waals surface area contributed by atoms with Gasteiger partial charge in [-0.3, -0.25) is 4.90 Å². The normalized spacial score (nSPS) is 14.6. The first-order valence-corrected chi connectivity index (χ1v) is 12.3. The summed E-state index contributed by atoms with van der Waals surface area (Å²) in [7, 11) is 0. The van der Waals surface area contributed by atoms with Gasteiger partial charge in [-0.15, -0.1) is 0 Å². The van der Waals surface area contributed by atoms with Crippen LogP contribution in [0.2, 0.25) is 5.02 Å². The molecule has 0 aliphatic carbocycles. The summed E-state index contributed by atoms with van der Waals surface area (Å²) in [6.07, 6.45) is 0. The van der Waals surface area contributed by atoms with E-state index in [1.807, 2.05) is 43.3 Å². The lowest BCUT2D eigenvalue weighted by atomic mass is 10.2. The molecule has 3 aromatic carbocycles. The first-order chi connectivity index (χ1) is 17.1. The van der Waals surface area contributed by atoms with Gasteiger partial charge in [0, 0.05) is 54.5 Å². The minimum atomic E-state index is 0.676. The summed E-state index contributed by atoms with van der Waals surface area (Å²) in [5, 5.41) is 5.28. The second-order valence-corrected chi connectivity index (χ2v) is 9.33. The van der Waals surface area contributed by atoms with Crippen molar-refractivity contribution in [3.05, 3.63) is 89.2 Å². The van der Waals surface area contributed by atoms with Crippen LogP contribution in [0.4, 0.5) is 17.2 Å². The number of nitrogens with one attached hydrogen (secondary N) is 1. The Morgan fingerprint density at radius 3 is 2.43 bits per heavy atom. The van der Waals surface area contributed by atoms with Gasteiger partial charge in [-0.2, -0.15) is 0 Å². The lowest BCUT2D eigenvalue weighted by Gasteiger charge is -2.36. The molecule has 0 spiro atoms. The number of para-hydroxylation sites is 1. The molecule has 0 atom stereocenters. The van der Waals surface area contributed by atoms with E-state index in [4.69, 9.17) is 16.0 Å². The third-order valence-electron chi connectivity index (χ3n) is 6.55. The van der Waals surface area contributed by atoms with Crippen LogP contribution in [-0.4, -0.2) is 41.0 Å². The maximum atomic E-state index is 6.35. The van der Waals surface area contributed by atoms with E-state index in [-0.39, 0.29) is 0 Å². The van der Waals surface area contributed by atoms with Gasteiger partial charge in [0.15, 0.2) is 11.4 Å². The van der Waals surface area contributed by atoms with Crippen LogP contribution in [0.15, 0.2) is 77.2 Å². The molecule has 1 aliphatic heterocycles. The minimum Gasteiger partial charge on any atom is -0.450 e. The predicted molar refractivity (Wildman–Crippen MR) is 143 cm³/mol. The van der Waals surface area contributed by atoms with Crippen molar-refractivity contribution in [3.8, 4) is 0 Å². The first-order valence-electron chi connectivity index (χ1n) is 11.9. The third kappa shape index (κ3) is 4.43. The predicted octanol–water partition coefficient (Wildman–Crippen LogP) is 6.40. The van der Waals surface area contributed by atoms with Crippen LogP contribution in [0.5, 0.6) is 0 Å². The van der Waals surface area contributed by atoms with Crippen molar-refractivity contribution >= 4 is 50.9 Å². The fraction of sp³-hybridized carbons (Fsp3) is 0.214. The quantitative estimate of drug-likeness (QED) is 0.312. The molecule has 7 heteroatoms. The van der Waals surface area contributed by atoms with E-state index in [1.54, 1.807) is 0 Å². The smallest absolute Gasteiger partial charge is 0.196 e. The van der Waals surface area contributed by atoms with Gasteiger partial charge < -0.3 is 14.6 Å². The maximum Gasteiger partial charge on any atom is 0.196 e. The summed E-state index contributed by atoms with van der Waals surface area (Å²) in [5.41, 5.74) is 5.70. The first kappa shape index (κ1) is 21.9. The van der Waals surface area contributed by atoms with Gasteiger partial charge in [0.1, 0.15) is 16.9 Å². The van der Waals surface area contributed by atoms with Gasteiger partial charge in [-0.1, -0.05) is 41.9 Å². The second-order valence-electron chi connectivity index (χ2n) is 8.92. The topological polar surface area (TPSA) is 57.4 Å². The average molecular weight is 484 g/mol. The summed E-state index contributed by atoms with van der Waals surface area (Å²) in [4.78, 5) is 14.1. The van der Waals surface area contributed by atoms with Crippen molar-refractivity contribution < 1.29 is 4.42 Å². The van der Waals surface area contributed by atoms with Crippen molar-refractivity contribution in [1.29, 1.82) is 0 Å². The Balaban J connectivity index is 1.15. The molecular weight excluding hydrogens is 458 g/mol. The number of anilines is 3. The third-order valence-corrected chi connectivity index (χ3v) is 6.92. The Bertz CT molecular complexity index is 1490. The number of aromatic nitrogens is 2. The summed E-state index contributed by atoms with van der Waals surface area (Å²) >= 11 is 6.35. The molecule has 6 rings (SSSR count). The molecule has 6 nitrogen and oxygen atoms in total.